The van der Waals surface area contributed by atoms with Gasteiger partial charge in [-0.15, -0.1) is 0 Å². The fourth-order valence-corrected chi connectivity index (χ4v) is 2.23. The van der Waals surface area contributed by atoms with E-state index >= 15 is 0 Å². The maximum absolute atomic E-state index is 11.9. The van der Waals surface area contributed by atoms with Crippen LogP contribution in [0.3, 0.4) is 0 Å². The van der Waals surface area contributed by atoms with Crippen LogP contribution >= 0.6 is 0 Å². The highest BCUT2D eigenvalue weighted by molar-refractivity contribution is 5.84. The van der Waals surface area contributed by atoms with Gasteiger partial charge in [0.25, 0.3) is 0 Å². The van der Waals surface area contributed by atoms with Crippen LogP contribution in [0.4, 0.5) is 0 Å². The molecule has 0 spiro atoms. The molecular weight excluding hydrogens is 272 g/mol. The van der Waals surface area contributed by atoms with Crippen LogP contribution in [-0.2, 0) is 14.4 Å². The number of rotatable bonds is 6. The highest BCUT2D eigenvalue weighted by Crippen LogP contribution is 2.19. The SMILES string of the molecule is CC(C)(CCNC(=O)CN1CCCCCCC1=O)C(=O)O. The second kappa shape index (κ2) is 8.00. The van der Waals surface area contributed by atoms with E-state index in [1.807, 2.05) is 0 Å². The summed E-state index contributed by atoms with van der Waals surface area (Å²) in [5.74, 6) is -1.06. The quantitative estimate of drug-likeness (QED) is 0.776. The highest BCUT2D eigenvalue weighted by atomic mass is 16.4. The van der Waals surface area contributed by atoms with Crippen LogP contribution < -0.4 is 5.32 Å². The number of aliphatic carboxylic acids is 1. The summed E-state index contributed by atoms with van der Waals surface area (Å²) in [5, 5.41) is 11.7. The van der Waals surface area contributed by atoms with Gasteiger partial charge in [0.15, 0.2) is 0 Å². The zero-order valence-electron chi connectivity index (χ0n) is 13.0. The van der Waals surface area contributed by atoms with Gasteiger partial charge in [-0.2, -0.15) is 0 Å². The Hall–Kier alpha value is -1.59. The molecule has 0 radical (unpaired) electrons. The van der Waals surface area contributed by atoms with Crippen LogP contribution in [0.5, 0.6) is 0 Å². The number of carbonyl (C=O) groups excluding carboxylic acids is 2. The van der Waals surface area contributed by atoms with Crippen molar-refractivity contribution in [1.29, 1.82) is 0 Å². The molecule has 0 aromatic carbocycles. The molecule has 1 fully saturated rings. The molecule has 0 aliphatic carbocycles. The molecule has 2 amide bonds. The third-order valence-corrected chi connectivity index (χ3v) is 3.91. The lowest BCUT2D eigenvalue weighted by molar-refractivity contribution is -0.147. The highest BCUT2D eigenvalue weighted by Gasteiger charge is 2.26. The predicted octanol–water partition coefficient (Wildman–Crippen LogP) is 1.40. The molecule has 1 aliphatic rings. The molecule has 0 unspecified atom stereocenters. The van der Waals surface area contributed by atoms with E-state index in [9.17, 15) is 14.4 Å². The molecule has 0 aromatic heterocycles. The molecule has 0 saturated carbocycles. The van der Waals surface area contributed by atoms with Crippen molar-refractivity contribution in [3.05, 3.63) is 0 Å². The number of carboxylic acids is 1. The number of hydrogen-bond donors (Lipinski definition) is 2. The Morgan fingerprint density at radius 3 is 2.57 bits per heavy atom. The van der Waals surface area contributed by atoms with Crippen molar-refractivity contribution in [3.63, 3.8) is 0 Å². The molecule has 0 aromatic rings. The minimum absolute atomic E-state index is 0.0377. The van der Waals surface area contributed by atoms with Gasteiger partial charge in [-0.3, -0.25) is 14.4 Å². The zero-order valence-corrected chi connectivity index (χ0v) is 13.0. The molecule has 21 heavy (non-hydrogen) atoms. The van der Waals surface area contributed by atoms with Crippen molar-refractivity contribution >= 4 is 17.8 Å². The summed E-state index contributed by atoms with van der Waals surface area (Å²) in [6, 6.07) is 0. The lowest BCUT2D eigenvalue weighted by Gasteiger charge is -2.24. The first-order valence-corrected chi connectivity index (χ1v) is 7.61. The van der Waals surface area contributed by atoms with Gasteiger partial charge in [0.1, 0.15) is 0 Å². The van der Waals surface area contributed by atoms with Crippen LogP contribution in [0.15, 0.2) is 0 Å². The van der Waals surface area contributed by atoms with E-state index in [4.69, 9.17) is 5.11 Å². The zero-order chi connectivity index (χ0) is 15.9. The molecule has 2 N–H and O–H groups in total. The molecule has 0 atom stereocenters. The van der Waals surface area contributed by atoms with E-state index in [1.54, 1.807) is 18.7 Å². The summed E-state index contributed by atoms with van der Waals surface area (Å²) in [4.78, 5) is 36.3. The van der Waals surface area contributed by atoms with Gasteiger partial charge in [-0.05, 0) is 33.1 Å². The van der Waals surface area contributed by atoms with E-state index < -0.39 is 11.4 Å². The summed E-state index contributed by atoms with van der Waals surface area (Å²) in [7, 11) is 0. The van der Waals surface area contributed by atoms with E-state index in [-0.39, 0.29) is 18.4 Å². The van der Waals surface area contributed by atoms with Gasteiger partial charge in [-0.1, -0.05) is 12.8 Å². The smallest absolute Gasteiger partial charge is 0.309 e. The summed E-state index contributed by atoms with van der Waals surface area (Å²) >= 11 is 0. The largest absolute Gasteiger partial charge is 0.481 e. The number of likely N-dealkylation sites (tertiary alicyclic amines) is 1. The van der Waals surface area contributed by atoms with Crippen molar-refractivity contribution < 1.29 is 19.5 Å². The van der Waals surface area contributed by atoms with Crippen LogP contribution in [-0.4, -0.2) is 47.4 Å². The van der Waals surface area contributed by atoms with E-state index in [1.165, 1.54) is 0 Å². The minimum atomic E-state index is -0.879. The van der Waals surface area contributed by atoms with Gasteiger partial charge >= 0.3 is 5.97 Å². The van der Waals surface area contributed by atoms with Crippen LogP contribution in [0, 0.1) is 5.41 Å². The summed E-state index contributed by atoms with van der Waals surface area (Å²) in [6.07, 6.45) is 4.88. The third kappa shape index (κ3) is 6.14. The van der Waals surface area contributed by atoms with Gasteiger partial charge in [0.2, 0.25) is 11.8 Å². The van der Waals surface area contributed by atoms with Crippen LogP contribution in [0.1, 0.15) is 52.4 Å². The number of carbonyl (C=O) groups is 3. The van der Waals surface area contributed by atoms with Crippen LogP contribution in [0.2, 0.25) is 0 Å². The number of hydrogen-bond acceptors (Lipinski definition) is 3. The molecule has 6 heteroatoms. The molecule has 1 aliphatic heterocycles. The predicted molar refractivity (Wildman–Crippen MR) is 78.7 cm³/mol. The Morgan fingerprint density at radius 2 is 1.90 bits per heavy atom. The Balaban J connectivity index is 2.35. The van der Waals surface area contributed by atoms with Gasteiger partial charge in [0, 0.05) is 19.5 Å². The molecule has 1 heterocycles. The maximum atomic E-state index is 11.9. The first kappa shape index (κ1) is 17.5. The molecule has 1 rings (SSSR count). The molecule has 6 nitrogen and oxygen atoms in total. The number of amides is 2. The number of carboxylic acid groups (broad SMARTS) is 1. The van der Waals surface area contributed by atoms with Crippen molar-refractivity contribution in [1.82, 2.24) is 10.2 Å². The van der Waals surface area contributed by atoms with Crippen molar-refractivity contribution in [2.45, 2.75) is 52.4 Å². The fraction of sp³-hybridized carbons (Fsp3) is 0.800. The number of nitrogens with zero attached hydrogens (tertiary/aromatic N) is 1. The number of nitrogens with one attached hydrogen (secondary N) is 1. The summed E-state index contributed by atoms with van der Waals surface area (Å²) in [6.45, 7) is 4.27. The minimum Gasteiger partial charge on any atom is -0.481 e. The third-order valence-electron chi connectivity index (χ3n) is 3.91. The molecular formula is C15H26N2O4. The van der Waals surface area contributed by atoms with Crippen molar-refractivity contribution in [2.24, 2.45) is 5.41 Å². The lowest BCUT2D eigenvalue weighted by Crippen LogP contribution is -2.42. The first-order valence-electron chi connectivity index (χ1n) is 7.61. The fourth-order valence-electron chi connectivity index (χ4n) is 2.23. The topological polar surface area (TPSA) is 86.7 Å². The molecule has 0 bridgehead atoms. The standard InChI is InChI=1S/C15H26N2O4/c1-15(2,14(20)21)8-9-16-12(18)11-17-10-6-4-3-5-7-13(17)19/h3-11H2,1-2H3,(H,16,18)(H,20,21). The molecule has 120 valence electrons. The molecule has 1 saturated heterocycles. The monoisotopic (exact) mass is 298 g/mol. The van der Waals surface area contributed by atoms with E-state index in [0.717, 1.165) is 25.7 Å². The Labute approximate surface area is 125 Å². The lowest BCUT2D eigenvalue weighted by atomic mass is 9.90. The van der Waals surface area contributed by atoms with E-state index in [0.29, 0.717) is 25.9 Å². The van der Waals surface area contributed by atoms with Crippen molar-refractivity contribution in [3.8, 4) is 0 Å². The Kier molecular flexibility index (Phi) is 6.65. The Morgan fingerprint density at radius 1 is 1.24 bits per heavy atom. The van der Waals surface area contributed by atoms with Gasteiger partial charge in [-0.25, -0.2) is 0 Å². The second-order valence-corrected chi connectivity index (χ2v) is 6.27. The summed E-state index contributed by atoms with van der Waals surface area (Å²) in [5.41, 5.74) is -0.858. The van der Waals surface area contributed by atoms with Gasteiger partial charge in [0.05, 0.1) is 12.0 Å². The van der Waals surface area contributed by atoms with Crippen LogP contribution in [0.25, 0.3) is 0 Å². The first-order chi connectivity index (χ1) is 9.83. The average molecular weight is 298 g/mol. The Bertz CT molecular complexity index is 393. The average Bonchev–Trinajstić information content (AvgIpc) is 2.38. The van der Waals surface area contributed by atoms with Crippen molar-refractivity contribution in [2.75, 3.05) is 19.6 Å². The van der Waals surface area contributed by atoms with E-state index in [2.05, 4.69) is 5.32 Å². The summed E-state index contributed by atoms with van der Waals surface area (Å²) < 4.78 is 0. The normalized spacial score (nSPS) is 17.0. The maximum Gasteiger partial charge on any atom is 0.309 e. The van der Waals surface area contributed by atoms with Gasteiger partial charge < -0.3 is 15.3 Å². The second-order valence-electron chi connectivity index (χ2n) is 6.27.